The van der Waals surface area contributed by atoms with Crippen molar-refractivity contribution in [3.8, 4) is 0 Å². The third-order valence-electron chi connectivity index (χ3n) is 4.45. The fourth-order valence-electron chi connectivity index (χ4n) is 2.85. The molecule has 0 aliphatic carbocycles. The van der Waals surface area contributed by atoms with Gasteiger partial charge in [0, 0.05) is 18.5 Å². The highest BCUT2D eigenvalue weighted by Gasteiger charge is 2.13. The highest BCUT2D eigenvalue weighted by Crippen LogP contribution is 2.22. The van der Waals surface area contributed by atoms with Crippen molar-refractivity contribution in [1.29, 1.82) is 0 Å². The molecule has 0 unspecified atom stereocenters. The third-order valence-corrected chi connectivity index (χ3v) is 4.45. The van der Waals surface area contributed by atoms with Crippen LogP contribution in [0, 0.1) is 0 Å². The number of nitrogens with one attached hydrogen (secondary N) is 2. The van der Waals surface area contributed by atoms with E-state index in [4.69, 9.17) is 4.52 Å². The van der Waals surface area contributed by atoms with Crippen LogP contribution in [0.4, 0.5) is 0 Å². The molecule has 0 fully saturated rings. The summed E-state index contributed by atoms with van der Waals surface area (Å²) in [6.07, 6.45) is 2.12. The van der Waals surface area contributed by atoms with Gasteiger partial charge < -0.3 is 20.3 Å². The van der Waals surface area contributed by atoms with Crippen LogP contribution in [0.3, 0.4) is 0 Å². The molecule has 1 aromatic heterocycles. The van der Waals surface area contributed by atoms with Crippen molar-refractivity contribution in [1.82, 2.24) is 15.8 Å². The molecule has 0 atom stereocenters. The summed E-state index contributed by atoms with van der Waals surface area (Å²) >= 11 is 0. The number of benzene rings is 1. The van der Waals surface area contributed by atoms with Crippen LogP contribution in [0.2, 0.25) is 0 Å². The number of halogens is 1. The number of hydrogen-bond donors (Lipinski definition) is 3. The molecular formula is C20H31IN4O2. The number of aliphatic imine (C=N–C) groups is 1. The lowest BCUT2D eigenvalue weighted by Gasteiger charge is -2.11. The zero-order valence-corrected chi connectivity index (χ0v) is 18.7. The second-order valence-electron chi connectivity index (χ2n) is 6.21. The van der Waals surface area contributed by atoms with Crippen molar-refractivity contribution in [2.24, 2.45) is 4.99 Å². The Kier molecular flexibility index (Phi) is 11.0. The number of rotatable bonds is 9. The van der Waals surface area contributed by atoms with E-state index in [2.05, 4.69) is 34.6 Å². The lowest BCUT2D eigenvalue weighted by Crippen LogP contribution is -2.36. The van der Waals surface area contributed by atoms with E-state index in [1.54, 1.807) is 0 Å². The van der Waals surface area contributed by atoms with Crippen molar-refractivity contribution >= 4 is 29.9 Å². The maximum absolute atomic E-state index is 9.43. The molecule has 0 spiro atoms. The number of aliphatic hydroxyl groups is 1. The molecule has 0 radical (unpaired) electrons. The van der Waals surface area contributed by atoms with Crippen molar-refractivity contribution in [3.63, 3.8) is 0 Å². The number of nitrogens with zero attached hydrogens (tertiary/aromatic N) is 2. The predicted molar refractivity (Wildman–Crippen MR) is 119 cm³/mol. The minimum Gasteiger partial charge on any atom is -0.392 e. The summed E-state index contributed by atoms with van der Waals surface area (Å²) in [6.45, 7) is 8.18. The van der Waals surface area contributed by atoms with Gasteiger partial charge in [-0.2, -0.15) is 0 Å². The van der Waals surface area contributed by atoms with E-state index < -0.39 is 0 Å². The fraction of sp³-hybridized carbons (Fsp3) is 0.500. The van der Waals surface area contributed by atoms with E-state index in [0.717, 1.165) is 42.0 Å². The molecule has 1 aromatic carbocycles. The largest absolute Gasteiger partial charge is 0.392 e. The molecule has 2 rings (SSSR count). The maximum atomic E-state index is 9.43. The molecular weight excluding hydrogens is 455 g/mol. The maximum Gasteiger partial charge on any atom is 0.191 e. The van der Waals surface area contributed by atoms with Crippen LogP contribution in [0.25, 0.3) is 0 Å². The van der Waals surface area contributed by atoms with Gasteiger partial charge in [-0.3, -0.25) is 0 Å². The number of hydrogen-bond acceptors (Lipinski definition) is 4. The summed E-state index contributed by atoms with van der Waals surface area (Å²) in [5.41, 5.74) is 2.94. The SMILES string of the molecule is CCNC(=NCc1ccccc1CO)NCc1cc(C(CC)CC)no1.I. The van der Waals surface area contributed by atoms with Crippen LogP contribution in [0.5, 0.6) is 0 Å². The normalized spacial score (nSPS) is 11.4. The van der Waals surface area contributed by atoms with Crippen LogP contribution in [0.1, 0.15) is 62.1 Å². The molecule has 3 N–H and O–H groups in total. The highest BCUT2D eigenvalue weighted by atomic mass is 127. The van der Waals surface area contributed by atoms with Gasteiger partial charge in [0.05, 0.1) is 25.4 Å². The summed E-state index contributed by atoms with van der Waals surface area (Å²) in [6, 6.07) is 9.80. The van der Waals surface area contributed by atoms with Crippen LogP contribution in [0.15, 0.2) is 39.8 Å². The molecule has 0 bridgehead atoms. The minimum atomic E-state index is 0. The van der Waals surface area contributed by atoms with E-state index in [9.17, 15) is 5.11 Å². The topological polar surface area (TPSA) is 82.7 Å². The summed E-state index contributed by atoms with van der Waals surface area (Å²) in [5.74, 6) is 1.96. The van der Waals surface area contributed by atoms with Gasteiger partial charge in [0.2, 0.25) is 0 Å². The molecule has 0 saturated carbocycles. The highest BCUT2D eigenvalue weighted by molar-refractivity contribution is 14.0. The summed E-state index contributed by atoms with van der Waals surface area (Å²) in [7, 11) is 0. The Morgan fingerprint density at radius 1 is 1.15 bits per heavy atom. The Bertz CT molecular complexity index is 699. The third kappa shape index (κ3) is 7.14. The fourth-order valence-corrected chi connectivity index (χ4v) is 2.85. The summed E-state index contributed by atoms with van der Waals surface area (Å²) in [5, 5.41) is 20.1. The predicted octanol–water partition coefficient (Wildman–Crippen LogP) is 3.94. The molecule has 0 amide bonds. The zero-order valence-electron chi connectivity index (χ0n) is 16.4. The molecule has 0 aliphatic rings. The first kappa shape index (κ1) is 23.4. The van der Waals surface area contributed by atoms with Gasteiger partial charge in [0.1, 0.15) is 0 Å². The smallest absolute Gasteiger partial charge is 0.191 e. The first-order valence-electron chi connectivity index (χ1n) is 9.37. The Morgan fingerprint density at radius 3 is 2.48 bits per heavy atom. The van der Waals surface area contributed by atoms with Crippen LogP contribution in [-0.4, -0.2) is 22.8 Å². The molecule has 27 heavy (non-hydrogen) atoms. The first-order valence-corrected chi connectivity index (χ1v) is 9.37. The van der Waals surface area contributed by atoms with Gasteiger partial charge in [-0.1, -0.05) is 43.3 Å². The van der Waals surface area contributed by atoms with Crippen molar-refractivity contribution in [3.05, 3.63) is 52.9 Å². The van der Waals surface area contributed by atoms with Gasteiger partial charge in [-0.15, -0.1) is 24.0 Å². The standard InChI is InChI=1S/C20H30N4O2.HI/c1-4-15(5-2)19-11-18(26-24-19)13-23-20(21-6-3)22-12-16-9-7-8-10-17(16)14-25;/h7-11,15,25H,4-6,12-14H2,1-3H3,(H2,21,22,23);1H. The molecule has 0 aliphatic heterocycles. The van der Waals surface area contributed by atoms with Crippen LogP contribution >= 0.6 is 24.0 Å². The second-order valence-corrected chi connectivity index (χ2v) is 6.21. The first-order chi connectivity index (χ1) is 12.7. The van der Waals surface area contributed by atoms with Gasteiger partial charge in [-0.25, -0.2) is 4.99 Å². The number of aromatic nitrogens is 1. The van der Waals surface area contributed by atoms with Crippen molar-refractivity contribution < 1.29 is 9.63 Å². The molecule has 1 heterocycles. The van der Waals surface area contributed by atoms with E-state index >= 15 is 0 Å². The molecule has 6 nitrogen and oxygen atoms in total. The summed E-state index contributed by atoms with van der Waals surface area (Å²) < 4.78 is 5.45. The van der Waals surface area contributed by atoms with Crippen molar-refractivity contribution in [2.75, 3.05) is 6.54 Å². The second kappa shape index (κ2) is 12.7. The van der Waals surface area contributed by atoms with E-state index in [1.165, 1.54) is 0 Å². The van der Waals surface area contributed by atoms with E-state index in [1.807, 2.05) is 37.3 Å². The summed E-state index contributed by atoms with van der Waals surface area (Å²) in [4.78, 5) is 4.60. The Balaban J connectivity index is 0.00000364. The van der Waals surface area contributed by atoms with Crippen molar-refractivity contribution in [2.45, 2.75) is 59.2 Å². The number of aliphatic hydroxyl groups excluding tert-OH is 1. The van der Waals surface area contributed by atoms with Gasteiger partial charge in [-0.05, 0) is 30.9 Å². The average Bonchev–Trinajstić information content (AvgIpc) is 3.14. The molecule has 0 saturated heterocycles. The van der Waals surface area contributed by atoms with Gasteiger partial charge in [0.15, 0.2) is 11.7 Å². The van der Waals surface area contributed by atoms with Crippen LogP contribution < -0.4 is 10.6 Å². The molecule has 7 heteroatoms. The molecule has 150 valence electrons. The Hall–Kier alpha value is -1.61. The van der Waals surface area contributed by atoms with Gasteiger partial charge in [0.25, 0.3) is 0 Å². The van der Waals surface area contributed by atoms with Gasteiger partial charge >= 0.3 is 0 Å². The molecule has 2 aromatic rings. The number of guanidine groups is 1. The Labute approximate surface area is 178 Å². The van der Waals surface area contributed by atoms with E-state index in [-0.39, 0.29) is 30.6 Å². The van der Waals surface area contributed by atoms with Crippen LogP contribution in [-0.2, 0) is 19.7 Å². The minimum absolute atomic E-state index is 0. The average molecular weight is 486 g/mol. The quantitative estimate of drug-likeness (QED) is 0.284. The van der Waals surface area contributed by atoms with E-state index in [0.29, 0.717) is 25.0 Å². The lowest BCUT2D eigenvalue weighted by atomic mass is 9.99. The monoisotopic (exact) mass is 486 g/mol. The Morgan fingerprint density at radius 2 is 1.85 bits per heavy atom. The lowest BCUT2D eigenvalue weighted by molar-refractivity contribution is 0.280. The zero-order chi connectivity index (χ0) is 18.8.